The molecule has 0 aromatic heterocycles. The molecule has 18 heavy (non-hydrogen) atoms. The Morgan fingerprint density at radius 3 is 2.39 bits per heavy atom. The highest BCUT2D eigenvalue weighted by Crippen LogP contribution is 2.24. The lowest BCUT2D eigenvalue weighted by Gasteiger charge is -2.18. The van der Waals surface area contributed by atoms with Crippen LogP contribution in [-0.2, 0) is 0 Å². The summed E-state index contributed by atoms with van der Waals surface area (Å²) in [4.78, 5) is 0. The molecule has 1 unspecified atom stereocenters. The summed E-state index contributed by atoms with van der Waals surface area (Å²) in [6.45, 7) is 0.198. The molecule has 0 saturated carbocycles. The smallest absolute Gasteiger partial charge is 0.139 e. The van der Waals surface area contributed by atoms with Crippen molar-refractivity contribution < 1.29 is 9.13 Å². The van der Waals surface area contributed by atoms with Crippen LogP contribution in [0.4, 0.5) is 4.39 Å². The van der Waals surface area contributed by atoms with Crippen molar-refractivity contribution in [2.45, 2.75) is 6.10 Å². The third kappa shape index (κ3) is 3.00. The van der Waals surface area contributed by atoms with Crippen molar-refractivity contribution >= 4 is 11.6 Å². The van der Waals surface area contributed by atoms with E-state index in [1.165, 1.54) is 6.07 Å². The lowest BCUT2D eigenvalue weighted by atomic mass is 10.1. The summed E-state index contributed by atoms with van der Waals surface area (Å²) >= 11 is 5.78. The second kappa shape index (κ2) is 5.85. The van der Waals surface area contributed by atoms with E-state index in [0.29, 0.717) is 16.3 Å². The van der Waals surface area contributed by atoms with E-state index < -0.39 is 6.10 Å². The van der Waals surface area contributed by atoms with Crippen molar-refractivity contribution in [1.82, 2.24) is 0 Å². The third-order valence-corrected chi connectivity index (χ3v) is 2.81. The molecular formula is C14H13ClFNO. The number of benzene rings is 2. The first-order chi connectivity index (χ1) is 8.70. The van der Waals surface area contributed by atoms with Crippen molar-refractivity contribution in [1.29, 1.82) is 0 Å². The van der Waals surface area contributed by atoms with Gasteiger partial charge in [0.15, 0.2) is 0 Å². The van der Waals surface area contributed by atoms with Crippen LogP contribution in [0.25, 0.3) is 0 Å². The Kier molecular flexibility index (Phi) is 4.18. The van der Waals surface area contributed by atoms with Crippen LogP contribution in [0.5, 0.6) is 5.75 Å². The molecule has 4 heteroatoms. The molecule has 2 rings (SSSR count). The van der Waals surface area contributed by atoms with Crippen molar-refractivity contribution in [2.24, 2.45) is 5.73 Å². The molecule has 0 aliphatic rings. The molecule has 0 aliphatic heterocycles. The van der Waals surface area contributed by atoms with Crippen LogP contribution >= 0.6 is 11.6 Å². The van der Waals surface area contributed by atoms with Crippen LogP contribution < -0.4 is 10.5 Å². The first-order valence-corrected chi connectivity index (χ1v) is 5.95. The van der Waals surface area contributed by atoms with Gasteiger partial charge in [-0.25, -0.2) is 4.39 Å². The van der Waals surface area contributed by atoms with Gasteiger partial charge in [-0.1, -0.05) is 29.8 Å². The molecule has 2 aromatic carbocycles. The van der Waals surface area contributed by atoms with Gasteiger partial charge in [-0.3, -0.25) is 0 Å². The van der Waals surface area contributed by atoms with Gasteiger partial charge in [-0.2, -0.15) is 0 Å². The van der Waals surface area contributed by atoms with Crippen molar-refractivity contribution in [3.8, 4) is 5.75 Å². The highest BCUT2D eigenvalue weighted by atomic mass is 35.5. The Bertz CT molecular complexity index is 515. The fraction of sp³-hybridized carbons (Fsp3) is 0.143. The molecule has 2 aromatic rings. The Morgan fingerprint density at radius 2 is 1.78 bits per heavy atom. The summed E-state index contributed by atoms with van der Waals surface area (Å²) in [5, 5.41) is 0.623. The minimum absolute atomic E-state index is 0.198. The summed E-state index contributed by atoms with van der Waals surface area (Å²) in [5.41, 5.74) is 6.09. The van der Waals surface area contributed by atoms with Crippen LogP contribution in [0.15, 0.2) is 48.5 Å². The maximum Gasteiger partial charge on any atom is 0.139 e. The first-order valence-electron chi connectivity index (χ1n) is 5.57. The van der Waals surface area contributed by atoms with E-state index >= 15 is 0 Å². The van der Waals surface area contributed by atoms with Gasteiger partial charge in [0.25, 0.3) is 0 Å². The molecule has 0 heterocycles. The predicted octanol–water partition coefficient (Wildman–Crippen LogP) is 3.56. The van der Waals surface area contributed by atoms with Gasteiger partial charge in [-0.15, -0.1) is 0 Å². The van der Waals surface area contributed by atoms with Crippen molar-refractivity contribution in [3.63, 3.8) is 0 Å². The Hall–Kier alpha value is -1.58. The zero-order valence-electron chi connectivity index (χ0n) is 9.64. The standard InChI is InChI=1S/C14H13ClFNO/c15-10-5-7-11(8-6-10)18-14(9-17)12-3-1-2-4-13(12)16/h1-8,14H,9,17H2. The van der Waals surface area contributed by atoms with Gasteiger partial charge >= 0.3 is 0 Å². The van der Waals surface area contributed by atoms with Crippen LogP contribution in [-0.4, -0.2) is 6.54 Å². The lowest BCUT2D eigenvalue weighted by Crippen LogP contribution is -2.19. The average molecular weight is 266 g/mol. The van der Waals surface area contributed by atoms with E-state index in [0.717, 1.165) is 0 Å². The molecule has 0 saturated heterocycles. The van der Waals surface area contributed by atoms with Crippen LogP contribution in [0.2, 0.25) is 5.02 Å². The second-order valence-corrected chi connectivity index (χ2v) is 4.25. The normalized spacial score (nSPS) is 12.2. The zero-order chi connectivity index (χ0) is 13.0. The fourth-order valence-electron chi connectivity index (χ4n) is 1.65. The molecule has 0 fully saturated rings. The van der Waals surface area contributed by atoms with Gasteiger partial charge in [0.1, 0.15) is 17.7 Å². The summed E-state index contributed by atoms with van der Waals surface area (Å²) < 4.78 is 19.3. The fourth-order valence-corrected chi connectivity index (χ4v) is 1.78. The van der Waals surface area contributed by atoms with E-state index in [9.17, 15) is 4.39 Å². The monoisotopic (exact) mass is 265 g/mol. The molecule has 2 nitrogen and oxygen atoms in total. The average Bonchev–Trinajstić information content (AvgIpc) is 2.39. The van der Waals surface area contributed by atoms with Crippen LogP contribution in [0.3, 0.4) is 0 Å². The zero-order valence-corrected chi connectivity index (χ0v) is 10.4. The summed E-state index contributed by atoms with van der Waals surface area (Å²) in [7, 11) is 0. The quantitative estimate of drug-likeness (QED) is 0.917. The van der Waals surface area contributed by atoms with E-state index in [4.69, 9.17) is 22.1 Å². The third-order valence-electron chi connectivity index (χ3n) is 2.56. The van der Waals surface area contributed by atoms with Gasteiger partial charge in [0, 0.05) is 17.1 Å². The van der Waals surface area contributed by atoms with Crippen LogP contribution in [0.1, 0.15) is 11.7 Å². The van der Waals surface area contributed by atoms with Gasteiger partial charge in [0.2, 0.25) is 0 Å². The largest absolute Gasteiger partial charge is 0.484 e. The molecular weight excluding hydrogens is 253 g/mol. The summed E-state index contributed by atoms with van der Waals surface area (Å²) in [6.07, 6.45) is -0.507. The topological polar surface area (TPSA) is 35.2 Å². The van der Waals surface area contributed by atoms with E-state index in [1.807, 2.05) is 0 Å². The highest BCUT2D eigenvalue weighted by molar-refractivity contribution is 6.30. The number of nitrogens with two attached hydrogens (primary N) is 1. The number of hydrogen-bond donors (Lipinski definition) is 1. The Labute approximate surface area is 110 Å². The van der Waals surface area contributed by atoms with Crippen molar-refractivity contribution in [2.75, 3.05) is 6.54 Å². The molecule has 0 radical (unpaired) electrons. The SMILES string of the molecule is NCC(Oc1ccc(Cl)cc1)c1ccccc1F. The molecule has 0 bridgehead atoms. The number of rotatable bonds is 4. The van der Waals surface area contributed by atoms with Gasteiger partial charge in [-0.05, 0) is 30.3 Å². The number of ether oxygens (including phenoxy) is 1. The van der Waals surface area contributed by atoms with E-state index in [2.05, 4.69) is 0 Å². The van der Waals surface area contributed by atoms with Crippen LogP contribution in [0, 0.1) is 5.82 Å². The second-order valence-electron chi connectivity index (χ2n) is 3.82. The summed E-state index contributed by atoms with van der Waals surface area (Å²) in [5.74, 6) is 0.292. The Balaban J connectivity index is 2.20. The predicted molar refractivity (Wildman–Crippen MR) is 70.3 cm³/mol. The minimum atomic E-state index is -0.507. The maximum atomic E-state index is 13.6. The number of halogens is 2. The van der Waals surface area contributed by atoms with Gasteiger partial charge in [0.05, 0.1) is 0 Å². The van der Waals surface area contributed by atoms with E-state index in [1.54, 1.807) is 42.5 Å². The number of hydrogen-bond acceptors (Lipinski definition) is 2. The maximum absolute atomic E-state index is 13.6. The minimum Gasteiger partial charge on any atom is -0.484 e. The molecule has 0 aliphatic carbocycles. The highest BCUT2D eigenvalue weighted by Gasteiger charge is 2.15. The lowest BCUT2D eigenvalue weighted by molar-refractivity contribution is 0.209. The summed E-state index contributed by atoms with van der Waals surface area (Å²) in [6, 6.07) is 13.3. The molecule has 2 N–H and O–H groups in total. The molecule has 0 spiro atoms. The van der Waals surface area contributed by atoms with Crippen molar-refractivity contribution in [3.05, 3.63) is 64.9 Å². The Morgan fingerprint density at radius 1 is 1.11 bits per heavy atom. The van der Waals surface area contributed by atoms with E-state index in [-0.39, 0.29) is 12.4 Å². The molecule has 0 amide bonds. The molecule has 1 atom stereocenters. The molecule has 94 valence electrons. The first kappa shape index (κ1) is 12.9. The van der Waals surface area contributed by atoms with Gasteiger partial charge < -0.3 is 10.5 Å².